The quantitative estimate of drug-likeness (QED) is 0.800. The van der Waals surface area contributed by atoms with Crippen LogP contribution in [0.5, 0.6) is 0 Å². The number of hydrogen-bond acceptors (Lipinski definition) is 3. The number of nitrogens with zero attached hydrogens (tertiary/aromatic N) is 1. The first-order valence-corrected chi connectivity index (χ1v) is 7.43. The molecular weight excluding hydrogens is 272 g/mol. The van der Waals surface area contributed by atoms with Gasteiger partial charge in [0.15, 0.2) is 0 Å². The molecule has 0 spiro atoms. The second-order valence-electron chi connectivity index (χ2n) is 6.94. The third-order valence-corrected chi connectivity index (χ3v) is 3.56. The molecule has 2 amide bonds. The second-order valence-corrected chi connectivity index (χ2v) is 6.94. The van der Waals surface area contributed by atoms with Gasteiger partial charge >= 0.3 is 5.97 Å². The summed E-state index contributed by atoms with van der Waals surface area (Å²) >= 11 is 0. The molecule has 21 heavy (non-hydrogen) atoms. The zero-order valence-corrected chi connectivity index (χ0v) is 13.1. The van der Waals surface area contributed by atoms with Crippen LogP contribution in [0.4, 0.5) is 0 Å². The minimum atomic E-state index is -0.783. The Morgan fingerprint density at radius 3 is 2.24 bits per heavy atom. The van der Waals surface area contributed by atoms with Gasteiger partial charge < -0.3 is 15.3 Å². The van der Waals surface area contributed by atoms with Crippen LogP contribution in [0.2, 0.25) is 0 Å². The van der Waals surface area contributed by atoms with E-state index < -0.39 is 5.97 Å². The topological polar surface area (TPSA) is 86.7 Å². The van der Waals surface area contributed by atoms with Crippen LogP contribution in [0.25, 0.3) is 0 Å². The molecule has 6 nitrogen and oxygen atoms in total. The Hall–Kier alpha value is -1.59. The van der Waals surface area contributed by atoms with Crippen LogP contribution < -0.4 is 5.32 Å². The smallest absolute Gasteiger partial charge is 0.303 e. The Balaban J connectivity index is 2.28. The predicted molar refractivity (Wildman–Crippen MR) is 78.6 cm³/mol. The van der Waals surface area contributed by atoms with Gasteiger partial charge in [0.2, 0.25) is 11.8 Å². The van der Waals surface area contributed by atoms with E-state index in [0.29, 0.717) is 32.4 Å². The lowest BCUT2D eigenvalue weighted by atomic mass is 9.92. The lowest BCUT2D eigenvalue weighted by Crippen LogP contribution is -2.44. The number of nitrogens with one attached hydrogen (secondary N) is 1. The van der Waals surface area contributed by atoms with Gasteiger partial charge in [-0.1, -0.05) is 20.8 Å². The van der Waals surface area contributed by atoms with E-state index in [4.69, 9.17) is 5.11 Å². The molecule has 0 saturated carbocycles. The number of piperidine rings is 1. The number of hydrogen-bond donors (Lipinski definition) is 2. The maximum atomic E-state index is 12.0. The summed E-state index contributed by atoms with van der Waals surface area (Å²) in [6, 6.07) is 0. The molecule has 0 aromatic rings. The molecular formula is C15H26N2O4. The first-order valence-electron chi connectivity index (χ1n) is 7.43. The highest BCUT2D eigenvalue weighted by molar-refractivity contribution is 5.85. The van der Waals surface area contributed by atoms with Crippen molar-refractivity contribution in [2.24, 2.45) is 11.3 Å². The summed E-state index contributed by atoms with van der Waals surface area (Å²) in [4.78, 5) is 36.0. The monoisotopic (exact) mass is 298 g/mol. The molecule has 1 fully saturated rings. The fourth-order valence-corrected chi connectivity index (χ4v) is 2.46. The largest absolute Gasteiger partial charge is 0.481 e. The highest BCUT2D eigenvalue weighted by atomic mass is 16.4. The minimum Gasteiger partial charge on any atom is -0.481 e. The fourth-order valence-electron chi connectivity index (χ4n) is 2.46. The SMILES string of the molecule is CC(C)(C)CC(=O)NCC(=O)N1CCC(CC(=O)O)CC1. The number of carbonyl (C=O) groups is 3. The molecule has 0 aliphatic carbocycles. The molecule has 1 aliphatic heterocycles. The molecule has 1 rings (SSSR count). The Bertz CT molecular complexity index is 393. The van der Waals surface area contributed by atoms with Gasteiger partial charge in [-0.3, -0.25) is 14.4 Å². The van der Waals surface area contributed by atoms with Gasteiger partial charge in [-0.2, -0.15) is 0 Å². The third-order valence-electron chi connectivity index (χ3n) is 3.56. The molecule has 0 radical (unpaired) electrons. The Morgan fingerprint density at radius 1 is 1.19 bits per heavy atom. The normalized spacial score (nSPS) is 16.6. The van der Waals surface area contributed by atoms with Gasteiger partial charge in [0.05, 0.1) is 6.54 Å². The summed E-state index contributed by atoms with van der Waals surface area (Å²) in [5.74, 6) is -0.834. The summed E-state index contributed by atoms with van der Waals surface area (Å²) < 4.78 is 0. The van der Waals surface area contributed by atoms with E-state index in [9.17, 15) is 14.4 Å². The van der Waals surface area contributed by atoms with Crippen LogP contribution in [0.1, 0.15) is 46.5 Å². The van der Waals surface area contributed by atoms with E-state index in [2.05, 4.69) is 5.32 Å². The summed E-state index contributed by atoms with van der Waals surface area (Å²) in [6.45, 7) is 7.10. The number of carboxylic acids is 1. The maximum absolute atomic E-state index is 12.0. The van der Waals surface area contributed by atoms with Gasteiger partial charge in [-0.05, 0) is 24.2 Å². The van der Waals surface area contributed by atoms with Crippen LogP contribution in [0.3, 0.4) is 0 Å². The van der Waals surface area contributed by atoms with Crippen LogP contribution in [0.15, 0.2) is 0 Å². The van der Waals surface area contributed by atoms with Crippen molar-refractivity contribution in [3.05, 3.63) is 0 Å². The number of carboxylic acid groups (broad SMARTS) is 1. The van der Waals surface area contributed by atoms with Crippen LogP contribution in [-0.2, 0) is 14.4 Å². The molecule has 0 atom stereocenters. The van der Waals surface area contributed by atoms with Crippen molar-refractivity contribution in [2.75, 3.05) is 19.6 Å². The Labute approximate surface area is 125 Å². The van der Waals surface area contributed by atoms with E-state index in [1.54, 1.807) is 4.90 Å². The molecule has 0 aromatic carbocycles. The van der Waals surface area contributed by atoms with E-state index in [1.165, 1.54) is 0 Å². The van der Waals surface area contributed by atoms with Gasteiger partial charge in [-0.25, -0.2) is 0 Å². The standard InChI is InChI=1S/C15H26N2O4/c1-15(2,3)9-12(18)16-10-13(19)17-6-4-11(5-7-17)8-14(20)21/h11H,4-10H2,1-3H3,(H,16,18)(H,20,21). The average Bonchev–Trinajstić information content (AvgIpc) is 2.34. The lowest BCUT2D eigenvalue weighted by molar-refractivity contribution is -0.139. The predicted octanol–water partition coefficient (Wildman–Crippen LogP) is 1.25. The van der Waals surface area contributed by atoms with Gasteiger partial charge in [0, 0.05) is 25.9 Å². The van der Waals surface area contributed by atoms with Crippen molar-refractivity contribution in [3.8, 4) is 0 Å². The summed E-state index contributed by atoms with van der Waals surface area (Å²) in [5.41, 5.74) is -0.0949. The van der Waals surface area contributed by atoms with Gasteiger partial charge in [-0.15, -0.1) is 0 Å². The molecule has 1 aliphatic rings. The molecule has 0 unspecified atom stereocenters. The van der Waals surface area contributed by atoms with E-state index >= 15 is 0 Å². The van der Waals surface area contributed by atoms with Crippen molar-refractivity contribution in [1.29, 1.82) is 0 Å². The molecule has 120 valence electrons. The van der Waals surface area contributed by atoms with Crippen molar-refractivity contribution >= 4 is 17.8 Å². The first-order chi connectivity index (χ1) is 9.67. The van der Waals surface area contributed by atoms with Crippen LogP contribution in [0, 0.1) is 11.3 Å². The minimum absolute atomic E-state index is 0.0263. The fraction of sp³-hybridized carbons (Fsp3) is 0.800. The molecule has 1 saturated heterocycles. The van der Waals surface area contributed by atoms with Gasteiger partial charge in [0.1, 0.15) is 0 Å². The third kappa shape index (κ3) is 7.11. The Kier molecular flexibility index (Phi) is 6.18. The van der Waals surface area contributed by atoms with Crippen LogP contribution >= 0.6 is 0 Å². The van der Waals surface area contributed by atoms with E-state index in [1.807, 2.05) is 20.8 Å². The van der Waals surface area contributed by atoms with Crippen molar-refractivity contribution in [2.45, 2.75) is 46.5 Å². The summed E-state index contributed by atoms with van der Waals surface area (Å²) in [5, 5.41) is 11.4. The number of carbonyl (C=O) groups excluding carboxylic acids is 2. The average molecular weight is 298 g/mol. The van der Waals surface area contributed by atoms with Crippen molar-refractivity contribution in [1.82, 2.24) is 10.2 Å². The maximum Gasteiger partial charge on any atom is 0.303 e. The van der Waals surface area contributed by atoms with Crippen LogP contribution in [-0.4, -0.2) is 47.4 Å². The zero-order valence-electron chi connectivity index (χ0n) is 13.1. The zero-order chi connectivity index (χ0) is 16.0. The summed E-state index contributed by atoms with van der Waals surface area (Å²) in [6.07, 6.45) is 1.99. The van der Waals surface area contributed by atoms with E-state index in [-0.39, 0.29) is 36.1 Å². The lowest BCUT2D eigenvalue weighted by Gasteiger charge is -2.31. The number of likely N-dealkylation sites (tertiary alicyclic amines) is 1. The highest BCUT2D eigenvalue weighted by Crippen LogP contribution is 2.20. The van der Waals surface area contributed by atoms with Crippen molar-refractivity contribution < 1.29 is 19.5 Å². The van der Waals surface area contributed by atoms with Gasteiger partial charge in [0.25, 0.3) is 0 Å². The Morgan fingerprint density at radius 2 is 1.76 bits per heavy atom. The number of rotatable bonds is 5. The molecule has 0 aromatic heterocycles. The summed E-state index contributed by atoms with van der Waals surface area (Å²) in [7, 11) is 0. The highest BCUT2D eigenvalue weighted by Gasteiger charge is 2.24. The van der Waals surface area contributed by atoms with Crippen molar-refractivity contribution in [3.63, 3.8) is 0 Å². The molecule has 1 heterocycles. The number of aliphatic carboxylic acids is 1. The van der Waals surface area contributed by atoms with E-state index in [0.717, 1.165) is 0 Å². The molecule has 0 bridgehead atoms. The molecule has 6 heteroatoms. The second kappa shape index (κ2) is 7.43. The molecule has 2 N–H and O–H groups in total. The first kappa shape index (κ1) is 17.5. The number of amides is 2.